The van der Waals surface area contributed by atoms with Crippen molar-refractivity contribution < 1.29 is 14.7 Å². The smallest absolute Gasteiger partial charge is 0.303 e. The van der Waals surface area contributed by atoms with Gasteiger partial charge in [0.2, 0.25) is 0 Å². The summed E-state index contributed by atoms with van der Waals surface area (Å²) in [5.74, 6) is -1.07. The summed E-state index contributed by atoms with van der Waals surface area (Å²) >= 11 is 3.45. The molecule has 0 spiro atoms. The van der Waals surface area contributed by atoms with Crippen molar-refractivity contribution in [3.63, 3.8) is 0 Å². The van der Waals surface area contributed by atoms with Crippen LogP contribution in [-0.2, 0) is 11.3 Å². The number of amides is 1. The van der Waals surface area contributed by atoms with Crippen LogP contribution in [0.2, 0.25) is 0 Å². The van der Waals surface area contributed by atoms with E-state index in [4.69, 9.17) is 5.11 Å². The van der Waals surface area contributed by atoms with E-state index in [1.165, 1.54) is 0 Å². The van der Waals surface area contributed by atoms with Gasteiger partial charge in [-0.25, -0.2) is 0 Å². The van der Waals surface area contributed by atoms with Gasteiger partial charge in [0.25, 0.3) is 5.91 Å². The predicted molar refractivity (Wildman–Crippen MR) is 94.1 cm³/mol. The third kappa shape index (κ3) is 4.67. The molecule has 0 aliphatic carbocycles. The zero-order chi connectivity index (χ0) is 17.7. The zero-order valence-corrected chi connectivity index (χ0v) is 15.3. The average molecular weight is 394 g/mol. The van der Waals surface area contributed by atoms with Gasteiger partial charge in [0, 0.05) is 23.1 Å². The molecule has 2 aromatic rings. The second-order valence-electron chi connectivity index (χ2n) is 5.59. The maximum Gasteiger partial charge on any atom is 0.303 e. The topological polar surface area (TPSA) is 84.2 Å². The lowest BCUT2D eigenvalue weighted by atomic mass is 10.1. The highest BCUT2D eigenvalue weighted by atomic mass is 79.9. The number of carboxylic acids is 1. The maximum absolute atomic E-state index is 12.3. The SMILES string of the molecule is Cc1nn(Cc2cccc(Br)c2)c(C)c1C(=O)NCCCC(=O)O. The molecule has 0 bridgehead atoms. The molecule has 1 aromatic carbocycles. The Morgan fingerprint density at radius 1 is 1.33 bits per heavy atom. The lowest BCUT2D eigenvalue weighted by molar-refractivity contribution is -0.137. The third-order valence-corrected chi connectivity index (χ3v) is 4.18. The summed E-state index contributed by atoms with van der Waals surface area (Å²) in [7, 11) is 0. The molecule has 0 saturated heterocycles. The Hall–Kier alpha value is -2.15. The predicted octanol–water partition coefficient (Wildman–Crippen LogP) is 2.91. The number of aliphatic carboxylic acids is 1. The number of nitrogens with zero attached hydrogens (tertiary/aromatic N) is 2. The van der Waals surface area contributed by atoms with Crippen LogP contribution in [0.15, 0.2) is 28.7 Å². The minimum atomic E-state index is -0.863. The van der Waals surface area contributed by atoms with Crippen molar-refractivity contribution in [2.75, 3.05) is 6.54 Å². The number of carboxylic acid groups (broad SMARTS) is 1. The van der Waals surface area contributed by atoms with Crippen molar-refractivity contribution in [3.05, 3.63) is 51.3 Å². The first kappa shape index (κ1) is 18.2. The van der Waals surface area contributed by atoms with Gasteiger partial charge in [-0.05, 0) is 38.0 Å². The molecule has 1 heterocycles. The van der Waals surface area contributed by atoms with Crippen LogP contribution in [0.3, 0.4) is 0 Å². The van der Waals surface area contributed by atoms with Crippen LogP contribution in [0.25, 0.3) is 0 Å². The first-order valence-corrected chi connectivity index (χ1v) is 8.46. The van der Waals surface area contributed by atoms with E-state index in [1.807, 2.05) is 35.9 Å². The highest BCUT2D eigenvalue weighted by molar-refractivity contribution is 9.10. The van der Waals surface area contributed by atoms with Crippen molar-refractivity contribution in [1.29, 1.82) is 0 Å². The second-order valence-corrected chi connectivity index (χ2v) is 6.50. The summed E-state index contributed by atoms with van der Waals surface area (Å²) < 4.78 is 2.81. The number of aryl methyl sites for hydroxylation is 1. The molecule has 1 amide bonds. The molecule has 2 rings (SSSR count). The lowest BCUT2D eigenvalue weighted by Crippen LogP contribution is -2.26. The largest absolute Gasteiger partial charge is 0.481 e. The number of nitrogens with one attached hydrogen (secondary N) is 1. The van der Waals surface area contributed by atoms with Crippen LogP contribution in [0.1, 0.15) is 40.2 Å². The molecule has 0 unspecified atom stereocenters. The lowest BCUT2D eigenvalue weighted by Gasteiger charge is -2.07. The summed E-state index contributed by atoms with van der Waals surface area (Å²) in [5, 5.41) is 15.8. The molecular formula is C17H20BrN3O3. The molecular weight excluding hydrogens is 374 g/mol. The summed E-state index contributed by atoms with van der Waals surface area (Å²) in [6.45, 7) is 4.58. The number of hydrogen-bond acceptors (Lipinski definition) is 3. The van der Waals surface area contributed by atoms with Crippen LogP contribution < -0.4 is 5.32 Å². The van der Waals surface area contributed by atoms with E-state index in [-0.39, 0.29) is 12.3 Å². The van der Waals surface area contributed by atoms with Crippen molar-refractivity contribution in [2.24, 2.45) is 0 Å². The molecule has 128 valence electrons. The van der Waals surface area contributed by atoms with Crippen molar-refractivity contribution in [2.45, 2.75) is 33.2 Å². The van der Waals surface area contributed by atoms with Gasteiger partial charge in [0.1, 0.15) is 0 Å². The molecule has 24 heavy (non-hydrogen) atoms. The van der Waals surface area contributed by atoms with Crippen LogP contribution >= 0.6 is 15.9 Å². The van der Waals surface area contributed by atoms with Crippen molar-refractivity contribution >= 4 is 27.8 Å². The highest BCUT2D eigenvalue weighted by Crippen LogP contribution is 2.17. The Kier molecular flexibility index (Phi) is 6.14. The van der Waals surface area contributed by atoms with Crippen molar-refractivity contribution in [1.82, 2.24) is 15.1 Å². The molecule has 6 nitrogen and oxygen atoms in total. The van der Waals surface area contributed by atoms with Gasteiger partial charge in [-0.2, -0.15) is 5.10 Å². The molecule has 0 atom stereocenters. The summed E-state index contributed by atoms with van der Waals surface area (Å²) in [5.41, 5.74) is 3.10. The summed E-state index contributed by atoms with van der Waals surface area (Å²) in [6, 6.07) is 7.94. The van der Waals surface area contributed by atoms with Crippen LogP contribution in [0, 0.1) is 13.8 Å². The fourth-order valence-corrected chi connectivity index (χ4v) is 2.96. The molecule has 0 radical (unpaired) electrons. The monoisotopic (exact) mass is 393 g/mol. The minimum Gasteiger partial charge on any atom is -0.481 e. The Bertz CT molecular complexity index is 756. The van der Waals surface area contributed by atoms with Gasteiger partial charge in [0.15, 0.2) is 0 Å². The number of aromatic nitrogens is 2. The van der Waals surface area contributed by atoms with Crippen LogP contribution in [0.4, 0.5) is 0 Å². The van der Waals surface area contributed by atoms with Gasteiger partial charge < -0.3 is 10.4 Å². The standard InChI is InChI=1S/C17H20BrN3O3/c1-11-16(17(24)19-8-4-7-15(22)23)12(2)21(20-11)10-13-5-3-6-14(18)9-13/h3,5-6,9H,4,7-8,10H2,1-2H3,(H,19,24)(H,22,23). The van der Waals surface area contributed by atoms with Crippen LogP contribution in [0.5, 0.6) is 0 Å². The zero-order valence-electron chi connectivity index (χ0n) is 13.7. The molecule has 2 N–H and O–H groups in total. The Morgan fingerprint density at radius 3 is 2.75 bits per heavy atom. The van der Waals surface area contributed by atoms with E-state index in [0.29, 0.717) is 30.8 Å². The number of hydrogen-bond donors (Lipinski definition) is 2. The van der Waals surface area contributed by atoms with Gasteiger partial charge in [-0.3, -0.25) is 14.3 Å². The van der Waals surface area contributed by atoms with E-state index in [1.54, 1.807) is 6.92 Å². The fourth-order valence-electron chi connectivity index (χ4n) is 2.52. The average Bonchev–Trinajstić information content (AvgIpc) is 2.77. The number of rotatable bonds is 7. The third-order valence-electron chi connectivity index (χ3n) is 3.68. The summed E-state index contributed by atoms with van der Waals surface area (Å²) in [6.07, 6.45) is 0.450. The number of carbonyl (C=O) groups is 2. The van der Waals surface area contributed by atoms with E-state index in [2.05, 4.69) is 26.3 Å². The van der Waals surface area contributed by atoms with E-state index < -0.39 is 5.97 Å². The van der Waals surface area contributed by atoms with Crippen LogP contribution in [-0.4, -0.2) is 33.3 Å². The van der Waals surface area contributed by atoms with Gasteiger partial charge >= 0.3 is 5.97 Å². The van der Waals surface area contributed by atoms with Crippen molar-refractivity contribution in [3.8, 4) is 0 Å². The second kappa shape index (κ2) is 8.10. The fraction of sp³-hybridized carbons (Fsp3) is 0.353. The Balaban J connectivity index is 2.08. The Labute approximate surface area is 149 Å². The van der Waals surface area contributed by atoms with E-state index in [0.717, 1.165) is 15.7 Å². The molecule has 0 aliphatic heterocycles. The normalized spacial score (nSPS) is 10.6. The summed E-state index contributed by atoms with van der Waals surface area (Å²) in [4.78, 5) is 22.8. The number of benzene rings is 1. The quantitative estimate of drug-likeness (QED) is 0.708. The van der Waals surface area contributed by atoms with Gasteiger partial charge in [0.05, 0.1) is 17.8 Å². The first-order chi connectivity index (χ1) is 11.4. The maximum atomic E-state index is 12.3. The Morgan fingerprint density at radius 2 is 2.08 bits per heavy atom. The minimum absolute atomic E-state index is 0.0421. The number of carbonyl (C=O) groups excluding carboxylic acids is 1. The van der Waals surface area contributed by atoms with Gasteiger partial charge in [-0.15, -0.1) is 0 Å². The van der Waals surface area contributed by atoms with E-state index >= 15 is 0 Å². The van der Waals surface area contributed by atoms with E-state index in [9.17, 15) is 9.59 Å². The molecule has 0 aliphatic rings. The molecule has 7 heteroatoms. The van der Waals surface area contributed by atoms with Gasteiger partial charge in [-0.1, -0.05) is 28.1 Å². The highest BCUT2D eigenvalue weighted by Gasteiger charge is 2.18. The number of halogens is 1. The first-order valence-electron chi connectivity index (χ1n) is 7.67. The molecule has 0 saturated carbocycles. The molecule has 0 fully saturated rings. The molecule has 1 aromatic heterocycles.